The highest BCUT2D eigenvalue weighted by molar-refractivity contribution is 8.15. The van der Waals surface area contributed by atoms with Crippen LogP contribution in [0.5, 0.6) is 0 Å². The number of nitrogens with one attached hydrogen (secondary N) is 1. The Balaban J connectivity index is 1.64. The summed E-state index contributed by atoms with van der Waals surface area (Å²) in [4.78, 5) is 48.6. The lowest BCUT2D eigenvalue weighted by atomic mass is 10.1. The number of thioether (sulfide) groups is 1. The summed E-state index contributed by atoms with van der Waals surface area (Å²) in [7, 11) is 0. The Bertz CT molecular complexity index is 942. The predicted molar refractivity (Wildman–Crippen MR) is 107 cm³/mol. The number of anilines is 1. The number of carboxylic acid groups (broad SMARTS) is 1. The zero-order chi connectivity index (χ0) is 21.0. The monoisotopic (exact) mass is 414 g/mol. The maximum absolute atomic E-state index is 12.6. The number of rotatable bonds is 7. The molecular weight excluding hydrogens is 396 g/mol. The summed E-state index contributed by atoms with van der Waals surface area (Å²) in [5.74, 6) is -1.86. The van der Waals surface area contributed by atoms with Gasteiger partial charge in [0.15, 0.2) is 5.37 Å². The number of carbonyl (C=O) groups is 4. The fraction of sp³-hybridized carbons (Fsp3) is 0.200. The first kappa shape index (κ1) is 20.4. The van der Waals surface area contributed by atoms with Gasteiger partial charge in [-0.2, -0.15) is 0 Å². The summed E-state index contributed by atoms with van der Waals surface area (Å²) in [5, 5.41) is 10.7. The van der Waals surface area contributed by atoms with Gasteiger partial charge in [0.1, 0.15) is 0 Å². The van der Waals surface area contributed by atoms with Crippen LogP contribution < -0.4 is 5.32 Å². The smallest absolute Gasteiger partial charge is 0.338 e. The zero-order valence-electron chi connectivity index (χ0n) is 15.5. The third-order valence-electron chi connectivity index (χ3n) is 4.16. The van der Waals surface area contributed by atoms with E-state index in [4.69, 9.17) is 9.84 Å². The first-order valence-electron chi connectivity index (χ1n) is 8.77. The summed E-state index contributed by atoms with van der Waals surface area (Å²) >= 11 is 0.857. The number of ether oxygens (including phenoxy) is 1. The first-order valence-corrected chi connectivity index (χ1v) is 9.65. The molecule has 9 heteroatoms. The zero-order valence-corrected chi connectivity index (χ0v) is 16.3. The van der Waals surface area contributed by atoms with E-state index < -0.39 is 23.2 Å². The number of amides is 2. The Labute approximate surface area is 170 Å². The number of nitrogens with zero attached hydrogens (tertiary/aromatic N) is 1. The number of carboxylic acids is 1. The Morgan fingerprint density at radius 3 is 2.28 bits per heavy atom. The predicted octanol–water partition coefficient (Wildman–Crippen LogP) is 3.20. The third kappa shape index (κ3) is 4.75. The SMILES string of the molecule is CCOC(=O)c1ccc(CN2C(=O)S[C@H](Nc3ccc(C(=O)O)cc3)C2=O)cc1. The van der Waals surface area contributed by atoms with Crippen molar-refractivity contribution in [2.24, 2.45) is 0 Å². The van der Waals surface area contributed by atoms with Crippen molar-refractivity contribution < 1.29 is 29.0 Å². The Morgan fingerprint density at radius 1 is 1.07 bits per heavy atom. The quantitative estimate of drug-likeness (QED) is 0.664. The molecule has 2 aromatic rings. The molecule has 0 aliphatic carbocycles. The normalized spacial score (nSPS) is 16.0. The molecule has 1 heterocycles. The van der Waals surface area contributed by atoms with Gasteiger partial charge in [0.2, 0.25) is 0 Å². The van der Waals surface area contributed by atoms with Crippen LogP contribution in [0.4, 0.5) is 10.5 Å². The molecule has 1 aliphatic rings. The highest BCUT2D eigenvalue weighted by atomic mass is 32.2. The van der Waals surface area contributed by atoms with Crippen molar-refractivity contribution >= 4 is 40.5 Å². The van der Waals surface area contributed by atoms with E-state index in [9.17, 15) is 19.2 Å². The maximum atomic E-state index is 12.6. The minimum atomic E-state index is -1.04. The molecule has 0 aromatic heterocycles. The largest absolute Gasteiger partial charge is 0.478 e. The topological polar surface area (TPSA) is 113 Å². The standard InChI is InChI=1S/C20H18N2O6S/c1-2-28-19(26)14-5-3-12(4-6-14)11-22-17(23)16(29-20(22)27)21-15-9-7-13(8-10-15)18(24)25/h3-10,16,21H,2,11H2,1H3,(H,24,25)/t16-/m0/s1. The molecule has 0 radical (unpaired) electrons. The molecule has 8 nitrogen and oxygen atoms in total. The van der Waals surface area contributed by atoms with Crippen LogP contribution in [0.25, 0.3) is 0 Å². The van der Waals surface area contributed by atoms with Crippen LogP contribution in [0, 0.1) is 0 Å². The number of benzene rings is 2. The molecule has 0 saturated carbocycles. The van der Waals surface area contributed by atoms with Crippen LogP contribution in [-0.2, 0) is 16.1 Å². The molecule has 150 valence electrons. The maximum Gasteiger partial charge on any atom is 0.338 e. The van der Waals surface area contributed by atoms with Gasteiger partial charge in [0.05, 0.1) is 24.3 Å². The number of carbonyl (C=O) groups excluding carboxylic acids is 3. The summed E-state index contributed by atoms with van der Waals surface area (Å²) < 4.78 is 4.92. The fourth-order valence-corrected chi connectivity index (χ4v) is 3.59. The van der Waals surface area contributed by atoms with Gasteiger partial charge >= 0.3 is 11.9 Å². The molecule has 3 rings (SSSR count). The number of hydrogen-bond donors (Lipinski definition) is 2. The molecular formula is C20H18N2O6S. The van der Waals surface area contributed by atoms with Crippen LogP contribution in [0.15, 0.2) is 48.5 Å². The molecule has 1 fully saturated rings. The Morgan fingerprint density at radius 2 is 1.69 bits per heavy atom. The minimum absolute atomic E-state index is 0.0872. The van der Waals surface area contributed by atoms with Gasteiger partial charge in [0.25, 0.3) is 11.1 Å². The molecule has 1 aliphatic heterocycles. The molecule has 2 aromatic carbocycles. The molecule has 0 unspecified atom stereocenters. The minimum Gasteiger partial charge on any atom is -0.478 e. The second kappa shape index (κ2) is 8.78. The van der Waals surface area contributed by atoms with Crippen molar-refractivity contribution in [3.05, 3.63) is 65.2 Å². The van der Waals surface area contributed by atoms with Crippen LogP contribution in [-0.4, -0.2) is 45.1 Å². The summed E-state index contributed by atoms with van der Waals surface area (Å²) in [6, 6.07) is 12.4. The third-order valence-corrected chi connectivity index (χ3v) is 5.14. The van der Waals surface area contributed by atoms with Crippen LogP contribution in [0.2, 0.25) is 0 Å². The fourth-order valence-electron chi connectivity index (χ4n) is 2.68. The van der Waals surface area contributed by atoms with Gasteiger partial charge in [-0.05, 0) is 60.6 Å². The van der Waals surface area contributed by atoms with Gasteiger partial charge < -0.3 is 15.2 Å². The second-order valence-corrected chi connectivity index (χ2v) is 7.19. The van der Waals surface area contributed by atoms with Crippen molar-refractivity contribution in [1.82, 2.24) is 4.90 Å². The molecule has 2 N–H and O–H groups in total. The summed E-state index contributed by atoms with van der Waals surface area (Å²) in [6.07, 6.45) is 0. The van der Waals surface area contributed by atoms with Crippen molar-refractivity contribution in [1.29, 1.82) is 0 Å². The molecule has 1 atom stereocenters. The highest BCUT2D eigenvalue weighted by Crippen LogP contribution is 2.29. The summed E-state index contributed by atoms with van der Waals surface area (Å²) in [5.41, 5.74) is 1.76. The molecule has 2 amide bonds. The Hall–Kier alpha value is -3.33. The lowest BCUT2D eigenvalue weighted by Gasteiger charge is -2.15. The lowest BCUT2D eigenvalue weighted by Crippen LogP contribution is -2.33. The van der Waals surface area contributed by atoms with Crippen LogP contribution >= 0.6 is 11.8 Å². The number of imide groups is 1. The van der Waals surface area contributed by atoms with E-state index in [1.54, 1.807) is 43.3 Å². The van der Waals surface area contributed by atoms with E-state index in [0.717, 1.165) is 16.7 Å². The summed E-state index contributed by atoms with van der Waals surface area (Å²) in [6.45, 7) is 2.09. The number of esters is 1. The number of aromatic carboxylic acids is 1. The van der Waals surface area contributed by atoms with E-state index in [-0.39, 0.29) is 24.0 Å². The molecule has 1 saturated heterocycles. The Kier molecular flexibility index (Phi) is 6.18. The van der Waals surface area contributed by atoms with Crippen molar-refractivity contribution in [2.75, 3.05) is 11.9 Å². The van der Waals surface area contributed by atoms with Crippen LogP contribution in [0.3, 0.4) is 0 Å². The van der Waals surface area contributed by atoms with Gasteiger partial charge in [0, 0.05) is 5.69 Å². The van der Waals surface area contributed by atoms with E-state index in [2.05, 4.69) is 5.32 Å². The average molecular weight is 414 g/mol. The highest BCUT2D eigenvalue weighted by Gasteiger charge is 2.39. The van der Waals surface area contributed by atoms with E-state index >= 15 is 0 Å². The average Bonchev–Trinajstić information content (AvgIpc) is 2.96. The van der Waals surface area contributed by atoms with Crippen molar-refractivity contribution in [2.45, 2.75) is 18.8 Å². The lowest BCUT2D eigenvalue weighted by molar-refractivity contribution is -0.126. The van der Waals surface area contributed by atoms with Crippen molar-refractivity contribution in [3.63, 3.8) is 0 Å². The van der Waals surface area contributed by atoms with Gasteiger partial charge in [-0.3, -0.25) is 14.5 Å². The first-order chi connectivity index (χ1) is 13.9. The van der Waals surface area contributed by atoms with Crippen molar-refractivity contribution in [3.8, 4) is 0 Å². The molecule has 0 spiro atoms. The number of hydrogen-bond acceptors (Lipinski definition) is 7. The second-order valence-electron chi connectivity index (χ2n) is 6.13. The molecule has 0 bridgehead atoms. The van der Waals surface area contributed by atoms with Crippen LogP contribution in [0.1, 0.15) is 33.2 Å². The van der Waals surface area contributed by atoms with Gasteiger partial charge in [-0.25, -0.2) is 9.59 Å². The van der Waals surface area contributed by atoms with E-state index in [1.807, 2.05) is 0 Å². The van der Waals surface area contributed by atoms with E-state index in [1.165, 1.54) is 12.1 Å². The van der Waals surface area contributed by atoms with Gasteiger partial charge in [-0.1, -0.05) is 12.1 Å². The van der Waals surface area contributed by atoms with Gasteiger partial charge in [-0.15, -0.1) is 0 Å². The van der Waals surface area contributed by atoms with E-state index in [0.29, 0.717) is 16.8 Å². The molecule has 29 heavy (non-hydrogen) atoms.